The molecule has 0 fully saturated rings. The van der Waals surface area contributed by atoms with Crippen LogP contribution in [0.2, 0.25) is 0 Å². The van der Waals surface area contributed by atoms with E-state index in [1.807, 2.05) is 0 Å². The summed E-state index contributed by atoms with van der Waals surface area (Å²) in [5.41, 5.74) is -0.299. The third-order valence-corrected chi connectivity index (χ3v) is 2.31. The molecule has 0 spiro atoms. The highest BCUT2D eigenvalue weighted by Gasteiger charge is 2.21. The van der Waals surface area contributed by atoms with Crippen LogP contribution >= 0.6 is 0 Å². The Morgan fingerprint density at radius 2 is 2.15 bits per heavy atom. The van der Waals surface area contributed by atoms with Crippen molar-refractivity contribution in [2.75, 3.05) is 14.2 Å². The highest BCUT2D eigenvalue weighted by atomic mass is 16.6. The van der Waals surface area contributed by atoms with Crippen LogP contribution in [0.4, 0.5) is 5.69 Å². The van der Waals surface area contributed by atoms with Crippen molar-refractivity contribution < 1.29 is 19.2 Å². The maximum Gasteiger partial charge on any atom is 0.377 e. The van der Waals surface area contributed by atoms with Gasteiger partial charge in [-0.25, -0.2) is 9.78 Å². The van der Waals surface area contributed by atoms with Crippen molar-refractivity contribution in [1.82, 2.24) is 19.7 Å². The Hall–Kier alpha value is -3.04. The molecule has 0 atom stereocenters. The van der Waals surface area contributed by atoms with Crippen LogP contribution in [-0.2, 0) is 4.74 Å². The number of aromatic nitrogens is 4. The first-order valence-corrected chi connectivity index (χ1v) is 5.26. The fourth-order valence-electron chi connectivity index (χ4n) is 1.40. The zero-order valence-corrected chi connectivity index (χ0v) is 10.5. The van der Waals surface area contributed by atoms with E-state index >= 15 is 0 Å². The Bertz CT molecular complexity index is 668. The molecule has 2 aromatic rings. The summed E-state index contributed by atoms with van der Waals surface area (Å²) >= 11 is 0. The van der Waals surface area contributed by atoms with Gasteiger partial charge in [0, 0.05) is 12.1 Å². The fourth-order valence-corrected chi connectivity index (χ4v) is 1.40. The van der Waals surface area contributed by atoms with E-state index < -0.39 is 10.9 Å². The van der Waals surface area contributed by atoms with Crippen molar-refractivity contribution in [3.05, 3.63) is 34.4 Å². The highest BCUT2D eigenvalue weighted by molar-refractivity contribution is 5.84. The van der Waals surface area contributed by atoms with E-state index in [4.69, 9.17) is 4.74 Å². The van der Waals surface area contributed by atoms with Crippen LogP contribution in [-0.4, -0.2) is 44.9 Å². The molecule has 2 rings (SSSR count). The lowest BCUT2D eigenvalue weighted by Crippen LogP contribution is -2.08. The fraction of sp³-hybridized carbons (Fsp3) is 0.200. The first kappa shape index (κ1) is 13.4. The molecule has 0 aliphatic carbocycles. The van der Waals surface area contributed by atoms with Gasteiger partial charge in [0.1, 0.15) is 6.33 Å². The number of esters is 1. The summed E-state index contributed by atoms with van der Waals surface area (Å²) in [7, 11) is 2.55. The second-order valence-electron chi connectivity index (χ2n) is 3.46. The van der Waals surface area contributed by atoms with E-state index in [0.717, 1.165) is 11.0 Å². The van der Waals surface area contributed by atoms with Crippen molar-refractivity contribution in [2.24, 2.45) is 0 Å². The average Bonchev–Trinajstić information content (AvgIpc) is 2.95. The molecule has 0 bridgehead atoms. The van der Waals surface area contributed by atoms with Crippen molar-refractivity contribution in [3.63, 3.8) is 0 Å². The van der Waals surface area contributed by atoms with Crippen molar-refractivity contribution >= 4 is 11.7 Å². The van der Waals surface area contributed by atoms with Gasteiger partial charge in [0.25, 0.3) is 5.82 Å². The number of pyridine rings is 1. The van der Waals surface area contributed by atoms with Gasteiger partial charge in [-0.05, 0) is 0 Å². The van der Waals surface area contributed by atoms with Crippen LogP contribution in [0.3, 0.4) is 0 Å². The number of methoxy groups -OCH3 is 2. The van der Waals surface area contributed by atoms with E-state index in [9.17, 15) is 14.9 Å². The second kappa shape index (κ2) is 5.30. The predicted octanol–water partition coefficient (Wildman–Crippen LogP) is 0.366. The Morgan fingerprint density at radius 3 is 2.75 bits per heavy atom. The Labute approximate surface area is 112 Å². The van der Waals surface area contributed by atoms with Crippen molar-refractivity contribution in [1.29, 1.82) is 0 Å². The molecule has 0 unspecified atom stereocenters. The molecule has 0 saturated heterocycles. The molecule has 10 nitrogen and oxygen atoms in total. The van der Waals surface area contributed by atoms with Gasteiger partial charge < -0.3 is 9.47 Å². The van der Waals surface area contributed by atoms with Gasteiger partial charge in [-0.2, -0.15) is 9.67 Å². The quantitative estimate of drug-likeness (QED) is 0.446. The molecular weight excluding hydrogens is 270 g/mol. The van der Waals surface area contributed by atoms with Crippen molar-refractivity contribution in [2.45, 2.75) is 0 Å². The molecule has 10 heteroatoms. The summed E-state index contributed by atoms with van der Waals surface area (Å²) < 4.78 is 10.4. The zero-order chi connectivity index (χ0) is 14.7. The third kappa shape index (κ3) is 2.39. The molecule has 0 aromatic carbocycles. The van der Waals surface area contributed by atoms with Crippen LogP contribution in [0.25, 0.3) is 5.82 Å². The van der Waals surface area contributed by atoms with Crippen LogP contribution in [0.1, 0.15) is 10.6 Å². The summed E-state index contributed by atoms with van der Waals surface area (Å²) in [4.78, 5) is 29.2. The molecule has 0 amide bonds. The van der Waals surface area contributed by atoms with E-state index in [2.05, 4.69) is 19.8 Å². The SMILES string of the molecule is COC(=O)c1ncn(-c2nc(OC)ccc2[N+](=O)[O-])n1. The summed E-state index contributed by atoms with van der Waals surface area (Å²) in [6.45, 7) is 0. The minimum atomic E-state index is -0.755. The smallest absolute Gasteiger partial charge is 0.377 e. The predicted molar refractivity (Wildman–Crippen MR) is 63.7 cm³/mol. The molecule has 2 aromatic heterocycles. The number of hydrogen-bond donors (Lipinski definition) is 0. The molecular formula is C10H9N5O5. The first-order chi connectivity index (χ1) is 9.56. The maximum absolute atomic E-state index is 11.3. The monoisotopic (exact) mass is 279 g/mol. The Kier molecular flexibility index (Phi) is 3.55. The lowest BCUT2D eigenvalue weighted by Gasteiger charge is -2.03. The number of rotatable bonds is 4. The normalized spacial score (nSPS) is 10.1. The highest BCUT2D eigenvalue weighted by Crippen LogP contribution is 2.22. The van der Waals surface area contributed by atoms with Gasteiger partial charge in [0.15, 0.2) is 0 Å². The molecule has 0 radical (unpaired) electrons. The van der Waals surface area contributed by atoms with Gasteiger partial charge in [-0.15, -0.1) is 5.10 Å². The van der Waals surface area contributed by atoms with Crippen LogP contribution < -0.4 is 4.74 Å². The van der Waals surface area contributed by atoms with Crippen LogP contribution in [0.15, 0.2) is 18.5 Å². The molecule has 0 aliphatic rings. The molecule has 0 N–H and O–H groups in total. The van der Waals surface area contributed by atoms with Crippen molar-refractivity contribution in [3.8, 4) is 11.7 Å². The standard InChI is InChI=1S/C10H9N5O5/c1-19-7-4-3-6(15(17)18)9(12-7)14-5-11-8(13-14)10(16)20-2/h3-5H,1-2H3. The first-order valence-electron chi connectivity index (χ1n) is 5.26. The second-order valence-corrected chi connectivity index (χ2v) is 3.46. The van der Waals surface area contributed by atoms with E-state index in [1.165, 1.54) is 26.4 Å². The van der Waals surface area contributed by atoms with Crippen LogP contribution in [0.5, 0.6) is 5.88 Å². The maximum atomic E-state index is 11.3. The van der Waals surface area contributed by atoms with E-state index in [0.29, 0.717) is 0 Å². The Balaban J connectivity index is 2.52. The van der Waals surface area contributed by atoms with Gasteiger partial charge in [-0.3, -0.25) is 10.1 Å². The number of ether oxygens (including phenoxy) is 2. The van der Waals surface area contributed by atoms with Gasteiger partial charge >= 0.3 is 11.7 Å². The molecule has 104 valence electrons. The summed E-state index contributed by atoms with van der Waals surface area (Å²) in [6.07, 6.45) is 1.13. The summed E-state index contributed by atoms with van der Waals surface area (Å²) in [6, 6.07) is 2.57. The Morgan fingerprint density at radius 1 is 1.40 bits per heavy atom. The molecule has 20 heavy (non-hydrogen) atoms. The average molecular weight is 279 g/mol. The third-order valence-electron chi connectivity index (χ3n) is 2.31. The van der Waals surface area contributed by atoms with Crippen LogP contribution in [0, 0.1) is 10.1 Å². The number of carbonyl (C=O) groups is 1. The van der Waals surface area contributed by atoms with Gasteiger partial charge in [0.2, 0.25) is 11.7 Å². The summed E-state index contributed by atoms with van der Waals surface area (Å²) in [5.74, 6) is -0.932. The lowest BCUT2D eigenvalue weighted by atomic mass is 10.4. The zero-order valence-electron chi connectivity index (χ0n) is 10.5. The number of carbonyl (C=O) groups excluding carboxylic acids is 1. The molecule has 0 saturated carbocycles. The van der Waals surface area contributed by atoms with E-state index in [-0.39, 0.29) is 23.2 Å². The van der Waals surface area contributed by atoms with E-state index in [1.54, 1.807) is 0 Å². The number of nitrogens with zero attached hydrogens (tertiary/aromatic N) is 5. The lowest BCUT2D eigenvalue weighted by molar-refractivity contribution is -0.385. The molecule has 0 aliphatic heterocycles. The summed E-state index contributed by atoms with van der Waals surface area (Å²) in [5, 5.41) is 14.7. The number of hydrogen-bond acceptors (Lipinski definition) is 8. The molecule has 2 heterocycles. The largest absolute Gasteiger partial charge is 0.481 e. The number of nitro groups is 1. The minimum Gasteiger partial charge on any atom is -0.481 e. The topological polar surface area (TPSA) is 122 Å². The van der Waals surface area contributed by atoms with Gasteiger partial charge in [0.05, 0.1) is 19.1 Å². The van der Waals surface area contributed by atoms with Gasteiger partial charge in [-0.1, -0.05) is 0 Å². The minimum absolute atomic E-state index is 0.114.